The van der Waals surface area contributed by atoms with Crippen molar-refractivity contribution in [1.82, 2.24) is 5.32 Å². The van der Waals surface area contributed by atoms with Crippen molar-refractivity contribution in [3.8, 4) is 0 Å². The van der Waals surface area contributed by atoms with Crippen LogP contribution < -0.4 is 11.1 Å². The molecule has 1 amide bonds. The Morgan fingerprint density at radius 3 is 2.80 bits per heavy atom. The molecule has 0 saturated carbocycles. The van der Waals surface area contributed by atoms with E-state index in [1.165, 1.54) is 0 Å². The average Bonchev–Trinajstić information content (AvgIpc) is 2.48. The molecule has 4 heteroatoms. The molecule has 20 heavy (non-hydrogen) atoms. The van der Waals surface area contributed by atoms with Crippen LogP contribution >= 0.6 is 0 Å². The average molecular weight is 272 g/mol. The summed E-state index contributed by atoms with van der Waals surface area (Å²) in [6.45, 7) is 0.276. The van der Waals surface area contributed by atoms with Gasteiger partial charge in [0.1, 0.15) is 6.61 Å². The first-order chi connectivity index (χ1) is 9.74. The zero-order chi connectivity index (χ0) is 14.2. The molecule has 1 aliphatic carbocycles. The summed E-state index contributed by atoms with van der Waals surface area (Å²) >= 11 is 0. The quantitative estimate of drug-likeness (QED) is 0.828. The van der Waals surface area contributed by atoms with Gasteiger partial charge in [0.15, 0.2) is 0 Å². The number of carbonyl (C=O) groups excluding carboxylic acids is 1. The molecule has 0 fully saturated rings. The Morgan fingerprint density at radius 1 is 1.30 bits per heavy atom. The van der Waals surface area contributed by atoms with E-state index in [0.717, 1.165) is 18.4 Å². The third-order valence-electron chi connectivity index (χ3n) is 3.20. The second kappa shape index (κ2) is 7.50. The minimum atomic E-state index is -0.443. The number of allylic oxidation sites excluding steroid dienone is 2. The van der Waals surface area contributed by atoms with Gasteiger partial charge in [0, 0.05) is 12.2 Å². The fraction of sp³-hybridized carbons (Fsp3) is 0.312. The van der Waals surface area contributed by atoms with Crippen molar-refractivity contribution < 1.29 is 9.53 Å². The number of ether oxygens (including phenoxy) is 1. The van der Waals surface area contributed by atoms with E-state index in [4.69, 9.17) is 10.5 Å². The maximum absolute atomic E-state index is 11.5. The molecule has 1 aliphatic rings. The van der Waals surface area contributed by atoms with Crippen LogP contribution in [0.5, 0.6) is 0 Å². The van der Waals surface area contributed by atoms with Gasteiger partial charge in [-0.1, -0.05) is 48.6 Å². The second-order valence-corrected chi connectivity index (χ2v) is 4.86. The Balaban J connectivity index is 1.69. The lowest BCUT2D eigenvalue weighted by atomic mass is 9.93. The lowest BCUT2D eigenvalue weighted by molar-refractivity contribution is 0.143. The Labute approximate surface area is 119 Å². The van der Waals surface area contributed by atoms with Crippen LogP contribution in [0.1, 0.15) is 18.4 Å². The van der Waals surface area contributed by atoms with Crippen LogP contribution in [0.25, 0.3) is 0 Å². The summed E-state index contributed by atoms with van der Waals surface area (Å²) in [6, 6.07) is 9.75. The van der Waals surface area contributed by atoms with Crippen molar-refractivity contribution in [2.45, 2.75) is 25.5 Å². The van der Waals surface area contributed by atoms with Gasteiger partial charge in [-0.3, -0.25) is 5.32 Å². The SMILES string of the molecule is N[C@H]1C=CC(/C=C/NC(=O)OCc2ccccc2)CC1. The number of benzene rings is 1. The van der Waals surface area contributed by atoms with Crippen LogP contribution in [0, 0.1) is 5.92 Å². The number of amides is 1. The minimum Gasteiger partial charge on any atom is -0.444 e. The van der Waals surface area contributed by atoms with Crippen molar-refractivity contribution in [3.63, 3.8) is 0 Å². The molecule has 0 radical (unpaired) electrons. The first kappa shape index (κ1) is 14.3. The smallest absolute Gasteiger partial charge is 0.411 e. The van der Waals surface area contributed by atoms with E-state index in [1.807, 2.05) is 42.5 Å². The van der Waals surface area contributed by atoms with Gasteiger partial charge in [-0.25, -0.2) is 4.79 Å². The van der Waals surface area contributed by atoms with E-state index in [0.29, 0.717) is 5.92 Å². The van der Waals surface area contributed by atoms with Crippen LogP contribution in [-0.4, -0.2) is 12.1 Å². The van der Waals surface area contributed by atoms with Crippen molar-refractivity contribution in [3.05, 3.63) is 60.3 Å². The molecule has 0 aliphatic heterocycles. The largest absolute Gasteiger partial charge is 0.444 e. The molecule has 0 spiro atoms. The molecule has 1 unspecified atom stereocenters. The van der Waals surface area contributed by atoms with Gasteiger partial charge < -0.3 is 10.5 Å². The summed E-state index contributed by atoms with van der Waals surface area (Å²) in [6.07, 6.45) is 9.21. The Bertz CT molecular complexity index is 483. The highest BCUT2D eigenvalue weighted by molar-refractivity contribution is 5.68. The highest BCUT2D eigenvalue weighted by Crippen LogP contribution is 2.17. The predicted octanol–water partition coefficient (Wildman–Crippen LogP) is 2.72. The molecule has 106 valence electrons. The summed E-state index contributed by atoms with van der Waals surface area (Å²) < 4.78 is 5.10. The Morgan fingerprint density at radius 2 is 2.10 bits per heavy atom. The molecule has 1 aromatic rings. The van der Waals surface area contributed by atoms with Crippen molar-refractivity contribution >= 4 is 6.09 Å². The summed E-state index contributed by atoms with van der Waals surface area (Å²) in [5.74, 6) is 0.337. The molecule has 0 aromatic heterocycles. The highest BCUT2D eigenvalue weighted by atomic mass is 16.5. The number of nitrogens with two attached hydrogens (primary N) is 1. The van der Waals surface area contributed by atoms with Crippen molar-refractivity contribution in [2.24, 2.45) is 11.7 Å². The van der Waals surface area contributed by atoms with E-state index < -0.39 is 6.09 Å². The van der Waals surface area contributed by atoms with Gasteiger partial charge in [-0.15, -0.1) is 0 Å². The Kier molecular flexibility index (Phi) is 5.38. The third-order valence-corrected chi connectivity index (χ3v) is 3.20. The molecule has 3 N–H and O–H groups in total. The van der Waals surface area contributed by atoms with E-state index in [-0.39, 0.29) is 12.6 Å². The molecule has 1 aromatic carbocycles. The van der Waals surface area contributed by atoms with Crippen molar-refractivity contribution in [1.29, 1.82) is 0 Å². The van der Waals surface area contributed by atoms with E-state index >= 15 is 0 Å². The lowest BCUT2D eigenvalue weighted by Crippen LogP contribution is -2.22. The first-order valence-corrected chi connectivity index (χ1v) is 6.82. The van der Waals surface area contributed by atoms with Crippen LogP contribution in [0.3, 0.4) is 0 Å². The summed E-state index contributed by atoms with van der Waals surface area (Å²) in [5, 5.41) is 2.60. The molecule has 4 nitrogen and oxygen atoms in total. The molecular formula is C16H20N2O2. The summed E-state index contributed by atoms with van der Waals surface area (Å²) in [7, 11) is 0. The third kappa shape index (κ3) is 4.90. The molecule has 2 atom stereocenters. The van der Waals surface area contributed by atoms with E-state index in [9.17, 15) is 4.79 Å². The fourth-order valence-electron chi connectivity index (χ4n) is 2.03. The molecular weight excluding hydrogens is 252 g/mol. The van der Waals surface area contributed by atoms with Crippen LogP contribution in [-0.2, 0) is 11.3 Å². The topological polar surface area (TPSA) is 64.3 Å². The molecule has 0 saturated heterocycles. The normalized spacial score (nSPS) is 21.9. The van der Waals surface area contributed by atoms with Gasteiger partial charge in [0.25, 0.3) is 0 Å². The zero-order valence-electron chi connectivity index (χ0n) is 11.4. The molecule has 0 bridgehead atoms. The number of carbonyl (C=O) groups is 1. The number of hydrogen-bond donors (Lipinski definition) is 2. The van der Waals surface area contributed by atoms with Crippen LogP contribution in [0.15, 0.2) is 54.8 Å². The van der Waals surface area contributed by atoms with Crippen LogP contribution in [0.4, 0.5) is 4.79 Å². The lowest BCUT2D eigenvalue weighted by Gasteiger charge is -2.16. The van der Waals surface area contributed by atoms with Gasteiger partial charge in [0.2, 0.25) is 0 Å². The number of hydrogen-bond acceptors (Lipinski definition) is 3. The minimum absolute atomic E-state index is 0.170. The highest BCUT2D eigenvalue weighted by Gasteiger charge is 2.09. The van der Waals surface area contributed by atoms with Crippen LogP contribution in [0.2, 0.25) is 0 Å². The monoisotopic (exact) mass is 272 g/mol. The number of alkyl carbamates (subject to hydrolysis) is 1. The van der Waals surface area contributed by atoms with Gasteiger partial charge in [-0.2, -0.15) is 0 Å². The maximum Gasteiger partial charge on any atom is 0.411 e. The van der Waals surface area contributed by atoms with Gasteiger partial charge in [0.05, 0.1) is 0 Å². The zero-order valence-corrected chi connectivity index (χ0v) is 11.4. The first-order valence-electron chi connectivity index (χ1n) is 6.82. The predicted molar refractivity (Wildman–Crippen MR) is 78.7 cm³/mol. The molecule has 0 heterocycles. The summed E-state index contributed by atoms with van der Waals surface area (Å²) in [5.41, 5.74) is 6.74. The number of nitrogens with one attached hydrogen (secondary N) is 1. The second-order valence-electron chi connectivity index (χ2n) is 4.86. The van der Waals surface area contributed by atoms with E-state index in [2.05, 4.69) is 11.4 Å². The van der Waals surface area contributed by atoms with Gasteiger partial charge in [-0.05, 0) is 24.3 Å². The fourth-order valence-corrected chi connectivity index (χ4v) is 2.03. The summed E-state index contributed by atoms with van der Waals surface area (Å²) in [4.78, 5) is 11.5. The van der Waals surface area contributed by atoms with E-state index in [1.54, 1.807) is 6.20 Å². The number of rotatable bonds is 4. The Hall–Kier alpha value is -2.07. The van der Waals surface area contributed by atoms with Gasteiger partial charge >= 0.3 is 6.09 Å². The standard InChI is InChI=1S/C16H20N2O2/c17-15-8-6-13(7-9-15)10-11-18-16(19)20-12-14-4-2-1-3-5-14/h1-6,8,10-11,13,15H,7,9,12,17H2,(H,18,19)/b11-10+/t13?,15-/m0/s1. The van der Waals surface area contributed by atoms with Crippen molar-refractivity contribution in [2.75, 3.05) is 0 Å². The molecule has 2 rings (SSSR count). The maximum atomic E-state index is 11.5.